The van der Waals surface area contributed by atoms with Crippen LogP contribution in [0.1, 0.15) is 11.1 Å². The minimum absolute atomic E-state index is 0.124. The fraction of sp³-hybridized carbons (Fsp3) is 0.294. The number of fused-ring (bicyclic) bond motifs is 3. The molecule has 0 fully saturated rings. The third-order valence-corrected chi connectivity index (χ3v) is 9.53. The van der Waals surface area contributed by atoms with Crippen LogP contribution in [0.3, 0.4) is 0 Å². The Bertz CT molecular complexity index is 1320. The first-order chi connectivity index (χ1) is 15.0. The molecule has 1 aliphatic carbocycles. The summed E-state index contributed by atoms with van der Waals surface area (Å²) in [5, 5.41) is 0. The van der Waals surface area contributed by atoms with Gasteiger partial charge in [0.1, 0.15) is 0 Å². The number of halogens is 6. The van der Waals surface area contributed by atoms with Gasteiger partial charge in [0.15, 0.2) is 0 Å². The zero-order valence-corrected chi connectivity index (χ0v) is 21.4. The monoisotopic (exact) mass is 650 g/mol. The van der Waals surface area contributed by atoms with E-state index in [1.54, 1.807) is 11.6 Å². The van der Waals surface area contributed by atoms with Crippen molar-refractivity contribution in [3.05, 3.63) is 35.4 Å². The molecule has 0 bridgehead atoms. The van der Waals surface area contributed by atoms with Crippen molar-refractivity contribution in [1.29, 1.82) is 0 Å². The quantitative estimate of drug-likeness (QED) is 0.177. The number of alkyl halides is 6. The summed E-state index contributed by atoms with van der Waals surface area (Å²) < 4.78 is 132. The Kier molecular flexibility index (Phi) is 6.86. The molecule has 0 saturated heterocycles. The average Bonchev–Trinajstić information content (AvgIpc) is 3.00. The summed E-state index contributed by atoms with van der Waals surface area (Å²) in [6, 6.07) is 5.15. The minimum atomic E-state index is -5.91. The van der Waals surface area contributed by atoms with E-state index in [1.165, 1.54) is 12.1 Å². The molecule has 0 aliphatic heterocycles. The van der Waals surface area contributed by atoms with E-state index < -0.39 is 72.7 Å². The Morgan fingerprint density at radius 2 is 1.09 bits per heavy atom. The summed E-state index contributed by atoms with van der Waals surface area (Å²) in [4.78, 5) is 0. The first kappa shape index (κ1) is 26.2. The van der Waals surface area contributed by atoms with Gasteiger partial charge in [-0.25, -0.2) is 0 Å². The maximum absolute atomic E-state index is 12.8. The van der Waals surface area contributed by atoms with Crippen molar-refractivity contribution in [2.24, 2.45) is 0 Å². The maximum atomic E-state index is 12.8. The SMILES string of the molecule is C[Se]c1cc2c(cc1OS(=O)(=O)C(F)(F)F)-c1cc([Se]C)c(OS(=O)(=O)C(F)(F)F)cc1C2. The van der Waals surface area contributed by atoms with Crippen LogP contribution in [-0.2, 0) is 26.7 Å². The molecular weight excluding hydrogens is 636 g/mol. The van der Waals surface area contributed by atoms with Gasteiger partial charge >= 0.3 is 198 Å². The van der Waals surface area contributed by atoms with Crippen LogP contribution in [0.15, 0.2) is 24.3 Å². The number of rotatable bonds is 6. The fourth-order valence-electron chi connectivity index (χ4n) is 2.98. The van der Waals surface area contributed by atoms with Gasteiger partial charge in [-0.15, -0.1) is 0 Å². The number of benzene rings is 2. The van der Waals surface area contributed by atoms with E-state index in [-0.39, 0.29) is 15.3 Å². The van der Waals surface area contributed by atoms with Gasteiger partial charge < -0.3 is 0 Å². The van der Waals surface area contributed by atoms with E-state index in [0.29, 0.717) is 22.3 Å². The molecule has 2 aromatic rings. The van der Waals surface area contributed by atoms with E-state index in [1.807, 2.05) is 0 Å². The van der Waals surface area contributed by atoms with Gasteiger partial charge in [0.2, 0.25) is 0 Å². The zero-order valence-electron chi connectivity index (χ0n) is 16.4. The van der Waals surface area contributed by atoms with Gasteiger partial charge in [-0.3, -0.25) is 0 Å². The van der Waals surface area contributed by atoms with Gasteiger partial charge in [0.25, 0.3) is 0 Å². The van der Waals surface area contributed by atoms with E-state index in [0.717, 1.165) is 12.1 Å². The molecule has 33 heavy (non-hydrogen) atoms. The second-order valence-electron chi connectivity index (χ2n) is 6.46. The summed E-state index contributed by atoms with van der Waals surface area (Å²) in [5.74, 6) is 2.25. The van der Waals surface area contributed by atoms with E-state index >= 15 is 0 Å². The number of hydrogen-bond donors (Lipinski definition) is 0. The molecule has 3 rings (SSSR count). The molecule has 0 radical (unpaired) electrons. The third kappa shape index (κ3) is 5.01. The normalized spacial score (nSPS) is 14.1. The van der Waals surface area contributed by atoms with Crippen LogP contribution < -0.4 is 17.3 Å². The predicted octanol–water partition coefficient (Wildman–Crippen LogP) is 2.47. The van der Waals surface area contributed by atoms with Crippen LogP contribution in [0.25, 0.3) is 11.1 Å². The van der Waals surface area contributed by atoms with Crippen LogP contribution in [0.4, 0.5) is 26.3 Å². The van der Waals surface area contributed by atoms with E-state index in [9.17, 15) is 43.2 Å². The van der Waals surface area contributed by atoms with Gasteiger partial charge in [0, 0.05) is 0 Å². The molecule has 182 valence electrons. The molecule has 6 nitrogen and oxygen atoms in total. The molecule has 1 aliphatic rings. The van der Waals surface area contributed by atoms with Crippen molar-refractivity contribution in [3.63, 3.8) is 0 Å². The Balaban J connectivity index is 2.10. The molecule has 2 aromatic carbocycles. The summed E-state index contributed by atoms with van der Waals surface area (Å²) in [7, 11) is -11.8. The van der Waals surface area contributed by atoms with Crippen LogP contribution in [0, 0.1) is 0 Å². The first-order valence-corrected chi connectivity index (χ1v) is 16.4. The van der Waals surface area contributed by atoms with E-state index in [2.05, 4.69) is 8.37 Å². The summed E-state index contributed by atoms with van der Waals surface area (Å²) in [6.07, 6.45) is 0.124. The Labute approximate surface area is 197 Å². The van der Waals surface area contributed by atoms with Gasteiger partial charge in [-0.1, -0.05) is 0 Å². The molecule has 0 amide bonds. The zero-order chi connectivity index (χ0) is 25.0. The Morgan fingerprint density at radius 3 is 1.55 bits per heavy atom. The first-order valence-electron chi connectivity index (χ1n) is 8.44. The van der Waals surface area contributed by atoms with Crippen LogP contribution in [0.2, 0.25) is 11.6 Å². The molecule has 0 aromatic heterocycles. The predicted molar refractivity (Wildman–Crippen MR) is 108 cm³/mol. The molecule has 0 atom stereocenters. The van der Waals surface area contributed by atoms with Gasteiger partial charge in [-0.05, 0) is 0 Å². The molecule has 0 heterocycles. The summed E-state index contributed by atoms with van der Waals surface area (Å²) >= 11 is -0.993. The van der Waals surface area contributed by atoms with Crippen LogP contribution >= 0.6 is 0 Å². The molecule has 16 heteroatoms. The van der Waals surface area contributed by atoms with Crippen LogP contribution in [0.5, 0.6) is 11.5 Å². The van der Waals surface area contributed by atoms with Crippen molar-refractivity contribution in [2.75, 3.05) is 0 Å². The van der Waals surface area contributed by atoms with Crippen molar-refractivity contribution in [2.45, 2.75) is 29.1 Å². The van der Waals surface area contributed by atoms with Gasteiger partial charge in [0.05, 0.1) is 0 Å². The van der Waals surface area contributed by atoms with Crippen LogP contribution in [-0.4, -0.2) is 57.8 Å². The molecule has 0 spiro atoms. The van der Waals surface area contributed by atoms with E-state index in [4.69, 9.17) is 0 Å². The molecule has 0 unspecified atom stereocenters. The molecular formula is C17H12F6O6S2Se2. The summed E-state index contributed by atoms with van der Waals surface area (Å²) in [6.45, 7) is 0. The van der Waals surface area contributed by atoms with Crippen molar-refractivity contribution < 1.29 is 51.5 Å². The van der Waals surface area contributed by atoms with Gasteiger partial charge in [-0.2, -0.15) is 0 Å². The third-order valence-electron chi connectivity index (χ3n) is 4.42. The molecule has 0 N–H and O–H groups in total. The second-order valence-corrected chi connectivity index (χ2v) is 13.1. The van der Waals surface area contributed by atoms with Crippen molar-refractivity contribution in [3.8, 4) is 22.6 Å². The average molecular weight is 648 g/mol. The van der Waals surface area contributed by atoms with Crippen molar-refractivity contribution >= 4 is 59.1 Å². The Hall–Kier alpha value is -1.44. The standard InChI is InChI=1S/C17H12F6O6S2Se2/c1-32-14-5-9-3-8-4-12(28-30(24,25)16(18,19)20)15(33-2)7-11(8)10(9)6-13(14)29-31(26,27)17(21,22)23/h4-7H,3H2,1-2H3. The second kappa shape index (κ2) is 8.65. The fourth-order valence-corrected chi connectivity index (χ4v) is 6.47. The topological polar surface area (TPSA) is 86.7 Å². The molecule has 0 saturated carbocycles. The number of hydrogen-bond acceptors (Lipinski definition) is 6. The Morgan fingerprint density at radius 1 is 0.697 bits per heavy atom. The summed E-state index contributed by atoms with van der Waals surface area (Å²) in [5.41, 5.74) is -9.57. The van der Waals surface area contributed by atoms with Crippen molar-refractivity contribution in [1.82, 2.24) is 0 Å².